The van der Waals surface area contributed by atoms with E-state index in [0.717, 1.165) is 47.7 Å². The van der Waals surface area contributed by atoms with E-state index in [9.17, 15) is 9.59 Å². The number of halogens is 1. The van der Waals surface area contributed by atoms with Crippen LogP contribution in [0.2, 0.25) is 5.02 Å². The summed E-state index contributed by atoms with van der Waals surface area (Å²) in [4.78, 5) is 37.4. The van der Waals surface area contributed by atoms with Crippen LogP contribution in [0, 0.1) is 6.92 Å². The standard InChI is InChI=1S/C29H29ClN6O2/c1-3-26(37)35-25-13-17(2)11-12-21(25)28(38)33-18-7-6-8-19(14-18)34-29-32-16-23(30)27(36-29)22-15-31-24-10-5-4-9-20(22)24/h3-5,9-13,15-16,18-19,31H,1,6-8,14H2,2H3,(H,33,38)(H,35,37)(H,32,34,36)/t18-,19+/m0/s1. The van der Waals surface area contributed by atoms with Crippen molar-refractivity contribution >= 4 is 46.0 Å². The molecule has 0 spiro atoms. The van der Waals surface area contributed by atoms with E-state index in [1.807, 2.05) is 43.5 Å². The Morgan fingerprint density at radius 2 is 1.97 bits per heavy atom. The number of rotatable bonds is 7. The minimum absolute atomic E-state index is 0.0293. The number of fused-ring (bicyclic) bond motifs is 1. The molecule has 1 saturated carbocycles. The van der Waals surface area contributed by atoms with Gasteiger partial charge in [-0.3, -0.25) is 9.59 Å². The number of para-hydroxylation sites is 1. The summed E-state index contributed by atoms with van der Waals surface area (Å²) in [6, 6.07) is 13.4. The molecule has 2 aromatic carbocycles. The zero-order valence-electron chi connectivity index (χ0n) is 21.1. The van der Waals surface area contributed by atoms with Gasteiger partial charge in [-0.15, -0.1) is 0 Å². The number of hydrogen-bond donors (Lipinski definition) is 4. The summed E-state index contributed by atoms with van der Waals surface area (Å²) in [7, 11) is 0. The van der Waals surface area contributed by atoms with Crippen LogP contribution in [-0.4, -0.2) is 38.8 Å². The molecule has 4 aromatic rings. The summed E-state index contributed by atoms with van der Waals surface area (Å²) in [6.45, 7) is 5.40. The lowest BCUT2D eigenvalue weighted by Crippen LogP contribution is -2.42. The molecule has 5 rings (SSSR count). The lowest BCUT2D eigenvalue weighted by molar-refractivity contribution is -0.111. The van der Waals surface area contributed by atoms with Crippen molar-refractivity contribution in [3.63, 3.8) is 0 Å². The Morgan fingerprint density at radius 3 is 2.82 bits per heavy atom. The number of aromatic amines is 1. The Bertz CT molecular complexity index is 1510. The maximum atomic E-state index is 13.1. The SMILES string of the molecule is C=CC(=O)Nc1cc(C)ccc1C(=O)N[C@H]1CCC[C@@H](Nc2ncc(Cl)c(-c3c[nH]c4ccccc34)n2)C1. The lowest BCUT2D eigenvalue weighted by Gasteiger charge is -2.30. The highest BCUT2D eigenvalue weighted by molar-refractivity contribution is 6.33. The van der Waals surface area contributed by atoms with Gasteiger partial charge in [0.25, 0.3) is 5.91 Å². The van der Waals surface area contributed by atoms with Gasteiger partial charge in [-0.05, 0) is 62.4 Å². The monoisotopic (exact) mass is 528 g/mol. The molecule has 8 nitrogen and oxygen atoms in total. The highest BCUT2D eigenvalue weighted by atomic mass is 35.5. The molecule has 2 aromatic heterocycles. The van der Waals surface area contributed by atoms with Crippen molar-refractivity contribution in [1.29, 1.82) is 0 Å². The fourth-order valence-electron chi connectivity index (χ4n) is 4.93. The molecule has 2 amide bonds. The molecule has 1 fully saturated rings. The van der Waals surface area contributed by atoms with E-state index >= 15 is 0 Å². The van der Waals surface area contributed by atoms with Gasteiger partial charge in [-0.2, -0.15) is 0 Å². The Kier molecular flexibility index (Phi) is 7.42. The third-order valence-corrected chi connectivity index (χ3v) is 7.07. The van der Waals surface area contributed by atoms with Crippen LogP contribution in [0.4, 0.5) is 11.6 Å². The molecule has 9 heteroatoms. The van der Waals surface area contributed by atoms with Gasteiger partial charge in [0.15, 0.2) is 0 Å². The van der Waals surface area contributed by atoms with E-state index in [4.69, 9.17) is 16.6 Å². The molecular formula is C29H29ClN6O2. The number of carbonyl (C=O) groups is 2. The van der Waals surface area contributed by atoms with Crippen LogP contribution in [0.15, 0.2) is 67.5 Å². The second-order valence-corrected chi connectivity index (χ2v) is 9.97. The second kappa shape index (κ2) is 11.1. The molecule has 2 heterocycles. The van der Waals surface area contributed by atoms with Crippen LogP contribution in [0.5, 0.6) is 0 Å². The summed E-state index contributed by atoms with van der Waals surface area (Å²) in [5, 5.41) is 10.8. The molecule has 0 radical (unpaired) electrons. The molecule has 38 heavy (non-hydrogen) atoms. The summed E-state index contributed by atoms with van der Waals surface area (Å²) in [5.41, 5.74) is 4.43. The number of carbonyl (C=O) groups excluding carboxylic acids is 2. The van der Waals surface area contributed by atoms with Crippen molar-refractivity contribution in [3.05, 3.63) is 83.7 Å². The van der Waals surface area contributed by atoms with Crippen molar-refractivity contribution in [2.24, 2.45) is 0 Å². The first-order chi connectivity index (χ1) is 18.4. The fraction of sp³-hybridized carbons (Fsp3) is 0.241. The van der Waals surface area contributed by atoms with Crippen molar-refractivity contribution in [2.45, 2.75) is 44.7 Å². The molecule has 0 bridgehead atoms. The van der Waals surface area contributed by atoms with E-state index in [1.54, 1.807) is 18.3 Å². The van der Waals surface area contributed by atoms with E-state index < -0.39 is 0 Å². The largest absolute Gasteiger partial charge is 0.360 e. The molecule has 1 aliphatic rings. The number of H-pyrrole nitrogens is 1. The summed E-state index contributed by atoms with van der Waals surface area (Å²) >= 11 is 6.49. The van der Waals surface area contributed by atoms with Crippen LogP contribution in [0.1, 0.15) is 41.6 Å². The van der Waals surface area contributed by atoms with Gasteiger partial charge in [0.1, 0.15) is 0 Å². The first-order valence-corrected chi connectivity index (χ1v) is 13.0. The summed E-state index contributed by atoms with van der Waals surface area (Å²) in [5.74, 6) is -0.0828. The molecule has 194 valence electrons. The third-order valence-electron chi connectivity index (χ3n) is 6.79. The zero-order chi connectivity index (χ0) is 26.6. The Morgan fingerprint density at radius 1 is 1.16 bits per heavy atom. The number of anilines is 2. The Labute approximate surface area is 225 Å². The fourth-order valence-corrected chi connectivity index (χ4v) is 5.13. The minimum atomic E-state index is -0.360. The molecule has 0 unspecified atom stereocenters. The molecular weight excluding hydrogens is 500 g/mol. The van der Waals surface area contributed by atoms with Gasteiger partial charge < -0.3 is 20.9 Å². The summed E-state index contributed by atoms with van der Waals surface area (Å²) < 4.78 is 0. The third kappa shape index (κ3) is 5.55. The normalized spacial score (nSPS) is 17.1. The number of amides is 2. The van der Waals surface area contributed by atoms with Gasteiger partial charge in [0.05, 0.1) is 28.2 Å². The first-order valence-electron chi connectivity index (χ1n) is 12.6. The smallest absolute Gasteiger partial charge is 0.253 e. The highest BCUT2D eigenvalue weighted by Gasteiger charge is 2.25. The molecule has 2 atom stereocenters. The second-order valence-electron chi connectivity index (χ2n) is 9.56. The van der Waals surface area contributed by atoms with Crippen LogP contribution >= 0.6 is 11.6 Å². The highest BCUT2D eigenvalue weighted by Crippen LogP contribution is 2.33. The molecule has 4 N–H and O–H groups in total. The topological polar surface area (TPSA) is 112 Å². The van der Waals surface area contributed by atoms with E-state index in [2.05, 4.69) is 32.5 Å². The Hall–Kier alpha value is -4.17. The number of aromatic nitrogens is 3. The van der Waals surface area contributed by atoms with E-state index in [0.29, 0.717) is 27.9 Å². The number of hydrogen-bond acceptors (Lipinski definition) is 5. The first kappa shape index (κ1) is 25.5. The quantitative estimate of drug-likeness (QED) is 0.224. The van der Waals surface area contributed by atoms with E-state index in [-0.39, 0.29) is 23.9 Å². The molecule has 1 aliphatic carbocycles. The number of aryl methyl sites for hydroxylation is 1. The number of nitrogens with one attached hydrogen (secondary N) is 4. The average molecular weight is 529 g/mol. The van der Waals surface area contributed by atoms with Crippen LogP contribution in [0.25, 0.3) is 22.2 Å². The van der Waals surface area contributed by atoms with Gasteiger partial charge in [0.2, 0.25) is 11.9 Å². The average Bonchev–Trinajstić information content (AvgIpc) is 3.34. The predicted molar refractivity (Wildman–Crippen MR) is 151 cm³/mol. The molecule has 0 saturated heterocycles. The van der Waals surface area contributed by atoms with Gasteiger partial charge in [-0.1, -0.05) is 42.4 Å². The van der Waals surface area contributed by atoms with Crippen LogP contribution in [-0.2, 0) is 4.79 Å². The molecule has 0 aliphatic heterocycles. The van der Waals surface area contributed by atoms with E-state index in [1.165, 1.54) is 6.08 Å². The maximum Gasteiger partial charge on any atom is 0.253 e. The van der Waals surface area contributed by atoms with Gasteiger partial charge in [0, 0.05) is 34.7 Å². The van der Waals surface area contributed by atoms with Crippen LogP contribution in [0.3, 0.4) is 0 Å². The van der Waals surface area contributed by atoms with Crippen molar-refractivity contribution in [3.8, 4) is 11.3 Å². The van der Waals surface area contributed by atoms with Crippen molar-refractivity contribution in [1.82, 2.24) is 20.3 Å². The van der Waals surface area contributed by atoms with Crippen molar-refractivity contribution < 1.29 is 9.59 Å². The maximum absolute atomic E-state index is 13.1. The predicted octanol–water partition coefficient (Wildman–Crippen LogP) is 5.86. The Balaban J connectivity index is 1.28. The van der Waals surface area contributed by atoms with Gasteiger partial charge in [-0.25, -0.2) is 9.97 Å². The lowest BCUT2D eigenvalue weighted by atomic mass is 9.90. The number of nitrogens with zero attached hydrogens (tertiary/aromatic N) is 2. The summed E-state index contributed by atoms with van der Waals surface area (Å²) in [6.07, 6.45) is 8.18. The zero-order valence-corrected chi connectivity index (χ0v) is 21.8. The minimum Gasteiger partial charge on any atom is -0.360 e. The van der Waals surface area contributed by atoms with Crippen LogP contribution < -0.4 is 16.0 Å². The van der Waals surface area contributed by atoms with Gasteiger partial charge >= 0.3 is 0 Å². The van der Waals surface area contributed by atoms with Crippen molar-refractivity contribution in [2.75, 3.05) is 10.6 Å². The number of benzene rings is 2.